The van der Waals surface area contributed by atoms with E-state index in [1.807, 2.05) is 6.08 Å². The molecule has 0 aromatic rings. The fraction of sp³-hybridized carbons (Fsp3) is 0.667. The highest BCUT2D eigenvalue weighted by Gasteiger charge is 2.13. The molecule has 1 aliphatic carbocycles. The molecule has 3 nitrogen and oxygen atoms in total. The minimum Gasteiger partial charge on any atom is -0.392 e. The molecule has 0 aliphatic heterocycles. The summed E-state index contributed by atoms with van der Waals surface area (Å²) in [5.74, 6) is 0.0286. The SMILES string of the molecule is CC(=O)NC1CC=C(CO)CC1. The van der Waals surface area contributed by atoms with Gasteiger partial charge in [0.25, 0.3) is 0 Å². The summed E-state index contributed by atoms with van der Waals surface area (Å²) in [6, 6.07) is 0.276. The van der Waals surface area contributed by atoms with E-state index < -0.39 is 0 Å². The summed E-state index contributed by atoms with van der Waals surface area (Å²) in [6.45, 7) is 1.69. The van der Waals surface area contributed by atoms with Gasteiger partial charge in [-0.1, -0.05) is 6.08 Å². The predicted molar refractivity (Wildman–Crippen MR) is 46.6 cm³/mol. The van der Waals surface area contributed by atoms with Crippen LogP contribution in [0, 0.1) is 0 Å². The van der Waals surface area contributed by atoms with E-state index in [9.17, 15) is 4.79 Å². The number of aliphatic hydroxyl groups excluding tert-OH is 1. The molecule has 1 rings (SSSR count). The maximum atomic E-state index is 10.7. The number of amides is 1. The molecule has 0 bridgehead atoms. The third-order valence-electron chi connectivity index (χ3n) is 2.12. The molecule has 0 spiro atoms. The summed E-state index contributed by atoms with van der Waals surface area (Å²) in [4.78, 5) is 10.7. The van der Waals surface area contributed by atoms with Gasteiger partial charge in [-0.05, 0) is 24.8 Å². The molecule has 1 aliphatic rings. The van der Waals surface area contributed by atoms with Crippen LogP contribution in [0.3, 0.4) is 0 Å². The highest BCUT2D eigenvalue weighted by Crippen LogP contribution is 2.17. The Bertz CT molecular complexity index is 199. The van der Waals surface area contributed by atoms with Gasteiger partial charge in [-0.2, -0.15) is 0 Å². The fourth-order valence-electron chi connectivity index (χ4n) is 1.45. The second-order valence-electron chi connectivity index (χ2n) is 3.19. The van der Waals surface area contributed by atoms with Gasteiger partial charge < -0.3 is 10.4 Å². The highest BCUT2D eigenvalue weighted by molar-refractivity contribution is 5.73. The number of hydrogen-bond acceptors (Lipinski definition) is 2. The quantitative estimate of drug-likeness (QED) is 0.594. The minimum atomic E-state index is 0.0286. The van der Waals surface area contributed by atoms with Crippen molar-refractivity contribution in [1.82, 2.24) is 5.32 Å². The van der Waals surface area contributed by atoms with E-state index in [0.29, 0.717) is 0 Å². The largest absolute Gasteiger partial charge is 0.392 e. The molecular weight excluding hydrogens is 154 g/mol. The number of hydrogen-bond donors (Lipinski definition) is 2. The Morgan fingerprint density at radius 1 is 1.83 bits per heavy atom. The third kappa shape index (κ3) is 2.66. The van der Waals surface area contributed by atoms with Crippen LogP contribution in [0.2, 0.25) is 0 Å². The maximum Gasteiger partial charge on any atom is 0.217 e. The van der Waals surface area contributed by atoms with Gasteiger partial charge in [-0.25, -0.2) is 0 Å². The second-order valence-corrected chi connectivity index (χ2v) is 3.19. The molecule has 1 atom stereocenters. The lowest BCUT2D eigenvalue weighted by Gasteiger charge is -2.21. The lowest BCUT2D eigenvalue weighted by atomic mass is 9.96. The summed E-state index contributed by atoms with van der Waals surface area (Å²) in [5.41, 5.74) is 1.09. The number of carbonyl (C=O) groups is 1. The molecule has 3 heteroatoms. The zero-order valence-corrected chi connectivity index (χ0v) is 7.34. The first kappa shape index (κ1) is 9.26. The van der Waals surface area contributed by atoms with E-state index >= 15 is 0 Å². The summed E-state index contributed by atoms with van der Waals surface area (Å²) in [7, 11) is 0. The fourth-order valence-corrected chi connectivity index (χ4v) is 1.45. The van der Waals surface area contributed by atoms with Crippen molar-refractivity contribution < 1.29 is 9.90 Å². The number of carbonyl (C=O) groups excluding carboxylic acids is 1. The summed E-state index contributed by atoms with van der Waals surface area (Å²) in [5, 5.41) is 11.7. The van der Waals surface area contributed by atoms with E-state index in [1.54, 1.807) is 0 Å². The summed E-state index contributed by atoms with van der Waals surface area (Å²) < 4.78 is 0. The molecule has 0 saturated heterocycles. The zero-order chi connectivity index (χ0) is 8.97. The van der Waals surface area contributed by atoms with Gasteiger partial charge >= 0.3 is 0 Å². The van der Waals surface area contributed by atoms with E-state index in [2.05, 4.69) is 5.32 Å². The molecule has 0 aromatic heterocycles. The van der Waals surface area contributed by atoms with Gasteiger partial charge in [0.05, 0.1) is 6.61 Å². The first-order valence-electron chi connectivity index (χ1n) is 4.28. The van der Waals surface area contributed by atoms with Crippen molar-refractivity contribution >= 4 is 5.91 Å². The Labute approximate surface area is 72.5 Å². The molecule has 2 N–H and O–H groups in total. The summed E-state index contributed by atoms with van der Waals surface area (Å²) in [6.07, 6.45) is 4.73. The molecule has 0 radical (unpaired) electrons. The Balaban J connectivity index is 2.35. The molecule has 0 saturated carbocycles. The number of aliphatic hydroxyl groups is 1. The zero-order valence-electron chi connectivity index (χ0n) is 7.34. The van der Waals surface area contributed by atoms with Crippen molar-refractivity contribution in [2.75, 3.05) is 6.61 Å². The Kier molecular flexibility index (Phi) is 3.29. The van der Waals surface area contributed by atoms with Crippen LogP contribution >= 0.6 is 0 Å². The second kappa shape index (κ2) is 4.26. The van der Waals surface area contributed by atoms with Crippen LogP contribution in [0.1, 0.15) is 26.2 Å². The van der Waals surface area contributed by atoms with E-state index in [-0.39, 0.29) is 18.6 Å². The Hall–Kier alpha value is -0.830. The topological polar surface area (TPSA) is 49.3 Å². The lowest BCUT2D eigenvalue weighted by molar-refractivity contribution is -0.119. The first-order chi connectivity index (χ1) is 5.72. The molecule has 1 unspecified atom stereocenters. The van der Waals surface area contributed by atoms with Crippen LogP contribution in [0.5, 0.6) is 0 Å². The first-order valence-corrected chi connectivity index (χ1v) is 4.28. The van der Waals surface area contributed by atoms with Crippen molar-refractivity contribution in [3.05, 3.63) is 11.6 Å². The van der Waals surface area contributed by atoms with Gasteiger partial charge in [-0.15, -0.1) is 0 Å². The lowest BCUT2D eigenvalue weighted by Crippen LogP contribution is -2.34. The van der Waals surface area contributed by atoms with Crippen molar-refractivity contribution in [3.8, 4) is 0 Å². The molecule has 0 fully saturated rings. The van der Waals surface area contributed by atoms with Gasteiger partial charge in [0.2, 0.25) is 5.91 Å². The van der Waals surface area contributed by atoms with E-state index in [1.165, 1.54) is 6.92 Å². The van der Waals surface area contributed by atoms with Crippen molar-refractivity contribution in [1.29, 1.82) is 0 Å². The maximum absolute atomic E-state index is 10.7. The van der Waals surface area contributed by atoms with Gasteiger partial charge in [0.1, 0.15) is 0 Å². The molecule has 68 valence electrons. The molecule has 0 heterocycles. The van der Waals surface area contributed by atoms with Crippen molar-refractivity contribution in [3.63, 3.8) is 0 Å². The van der Waals surface area contributed by atoms with Crippen LogP contribution in [-0.2, 0) is 4.79 Å². The third-order valence-corrected chi connectivity index (χ3v) is 2.12. The van der Waals surface area contributed by atoms with Crippen LogP contribution in [0.4, 0.5) is 0 Å². The minimum absolute atomic E-state index is 0.0286. The van der Waals surface area contributed by atoms with E-state index in [0.717, 1.165) is 24.8 Å². The van der Waals surface area contributed by atoms with Gasteiger partial charge in [0, 0.05) is 13.0 Å². The van der Waals surface area contributed by atoms with E-state index in [4.69, 9.17) is 5.11 Å². The number of rotatable bonds is 2. The molecular formula is C9H15NO2. The summed E-state index contributed by atoms with van der Waals surface area (Å²) >= 11 is 0. The standard InChI is InChI=1S/C9H15NO2/c1-7(12)10-9-4-2-8(6-11)3-5-9/h2,9,11H,3-6H2,1H3,(H,10,12). The Morgan fingerprint density at radius 3 is 3.00 bits per heavy atom. The Morgan fingerprint density at radius 2 is 2.58 bits per heavy atom. The van der Waals surface area contributed by atoms with Crippen LogP contribution in [0.25, 0.3) is 0 Å². The average molecular weight is 169 g/mol. The van der Waals surface area contributed by atoms with Crippen molar-refractivity contribution in [2.45, 2.75) is 32.2 Å². The van der Waals surface area contributed by atoms with Crippen LogP contribution in [-0.4, -0.2) is 23.7 Å². The number of nitrogens with one attached hydrogen (secondary N) is 1. The normalized spacial score (nSPS) is 23.2. The van der Waals surface area contributed by atoms with Crippen LogP contribution in [0.15, 0.2) is 11.6 Å². The molecule has 12 heavy (non-hydrogen) atoms. The highest BCUT2D eigenvalue weighted by atomic mass is 16.3. The smallest absolute Gasteiger partial charge is 0.217 e. The van der Waals surface area contributed by atoms with Gasteiger partial charge in [-0.3, -0.25) is 4.79 Å². The predicted octanol–water partition coefficient (Wildman–Crippen LogP) is 0.594. The monoisotopic (exact) mass is 169 g/mol. The van der Waals surface area contributed by atoms with Crippen LogP contribution < -0.4 is 5.32 Å². The van der Waals surface area contributed by atoms with Gasteiger partial charge in [0.15, 0.2) is 0 Å². The molecule has 0 aromatic carbocycles. The van der Waals surface area contributed by atoms with Crippen molar-refractivity contribution in [2.24, 2.45) is 0 Å². The molecule has 1 amide bonds. The average Bonchev–Trinajstić information content (AvgIpc) is 2.05.